The number of benzene rings is 2. The van der Waals surface area contributed by atoms with Crippen LogP contribution in [0.4, 0.5) is 0 Å². The minimum atomic E-state index is -0.715. The second-order valence-electron chi connectivity index (χ2n) is 6.87. The molecule has 3 aromatic rings. The van der Waals surface area contributed by atoms with Crippen molar-refractivity contribution >= 4 is 28.6 Å². The summed E-state index contributed by atoms with van der Waals surface area (Å²) in [6, 6.07) is 13.3. The van der Waals surface area contributed by atoms with Gasteiger partial charge >= 0.3 is 5.97 Å². The first-order valence-corrected chi connectivity index (χ1v) is 9.65. The number of ether oxygens (including phenoxy) is 1. The van der Waals surface area contributed by atoms with Crippen LogP contribution in [0.1, 0.15) is 44.5 Å². The fourth-order valence-electron chi connectivity index (χ4n) is 3.49. The highest BCUT2D eigenvalue weighted by Crippen LogP contribution is 2.22. The van der Waals surface area contributed by atoms with E-state index in [2.05, 4.69) is 5.10 Å². The Hall–Kier alpha value is -3.81. The minimum absolute atomic E-state index is 0.0287. The number of imide groups is 1. The average Bonchev–Trinajstić information content (AvgIpc) is 3.01. The molecule has 2 aromatic carbocycles. The average molecular weight is 405 g/mol. The standard InChI is InChI=1S/C22H19N3O5/c1-2-11-25-21(28)15-8-4-3-7-14(15)18(23-25)22(29)30-13-12-24-19(26)16-9-5-6-10-17(16)20(24)27/h3-10H,2,11-13H2,1H3. The molecule has 8 nitrogen and oxygen atoms in total. The van der Waals surface area contributed by atoms with E-state index in [1.54, 1.807) is 48.5 Å². The highest BCUT2D eigenvalue weighted by Gasteiger charge is 2.35. The van der Waals surface area contributed by atoms with E-state index in [4.69, 9.17) is 4.74 Å². The second kappa shape index (κ2) is 7.90. The summed E-state index contributed by atoms with van der Waals surface area (Å²) >= 11 is 0. The van der Waals surface area contributed by atoms with Gasteiger partial charge in [-0.3, -0.25) is 19.3 Å². The third-order valence-corrected chi connectivity index (χ3v) is 4.92. The third kappa shape index (κ3) is 3.26. The zero-order chi connectivity index (χ0) is 21.3. The Morgan fingerprint density at radius 1 is 0.900 bits per heavy atom. The summed E-state index contributed by atoms with van der Waals surface area (Å²) in [4.78, 5) is 51.1. The normalized spacial score (nSPS) is 13.0. The molecule has 0 spiro atoms. The van der Waals surface area contributed by atoms with Crippen molar-refractivity contribution < 1.29 is 19.1 Å². The predicted molar refractivity (Wildman–Crippen MR) is 108 cm³/mol. The summed E-state index contributed by atoms with van der Waals surface area (Å²) in [5.74, 6) is -1.54. The lowest BCUT2D eigenvalue weighted by Gasteiger charge is -2.14. The Kier molecular flexibility index (Phi) is 5.14. The molecule has 4 rings (SSSR count). The Morgan fingerprint density at radius 2 is 1.50 bits per heavy atom. The number of carbonyl (C=O) groups is 3. The molecule has 0 aliphatic carbocycles. The maximum atomic E-state index is 12.7. The highest BCUT2D eigenvalue weighted by molar-refractivity contribution is 6.21. The van der Waals surface area contributed by atoms with Gasteiger partial charge in [-0.15, -0.1) is 0 Å². The largest absolute Gasteiger partial charge is 0.459 e. The summed E-state index contributed by atoms with van der Waals surface area (Å²) in [6.07, 6.45) is 0.680. The van der Waals surface area contributed by atoms with Crippen molar-refractivity contribution in [2.45, 2.75) is 19.9 Å². The van der Waals surface area contributed by atoms with Gasteiger partial charge in [0.05, 0.1) is 23.1 Å². The van der Waals surface area contributed by atoms with Crippen LogP contribution in [0.3, 0.4) is 0 Å². The van der Waals surface area contributed by atoms with Gasteiger partial charge in [-0.05, 0) is 24.6 Å². The van der Waals surface area contributed by atoms with Crippen molar-refractivity contribution in [3.05, 3.63) is 75.7 Å². The van der Waals surface area contributed by atoms with E-state index < -0.39 is 17.8 Å². The number of aromatic nitrogens is 2. The van der Waals surface area contributed by atoms with Gasteiger partial charge in [0.25, 0.3) is 17.4 Å². The summed E-state index contributed by atoms with van der Waals surface area (Å²) in [7, 11) is 0. The quantitative estimate of drug-likeness (QED) is 0.461. The van der Waals surface area contributed by atoms with E-state index in [1.807, 2.05) is 6.92 Å². The summed E-state index contributed by atoms with van der Waals surface area (Å²) in [5.41, 5.74) is 0.442. The van der Waals surface area contributed by atoms with Gasteiger partial charge in [-0.1, -0.05) is 37.3 Å². The van der Waals surface area contributed by atoms with Crippen LogP contribution in [0, 0.1) is 0 Å². The molecule has 0 bridgehead atoms. The summed E-state index contributed by atoms with van der Waals surface area (Å²) in [5, 5.41) is 4.97. The molecule has 1 aliphatic rings. The van der Waals surface area contributed by atoms with Gasteiger partial charge in [0.15, 0.2) is 5.69 Å². The molecular formula is C22H19N3O5. The molecule has 30 heavy (non-hydrogen) atoms. The lowest BCUT2D eigenvalue weighted by Crippen LogP contribution is -2.34. The number of carbonyl (C=O) groups excluding carboxylic acids is 3. The third-order valence-electron chi connectivity index (χ3n) is 4.92. The molecule has 1 aliphatic heterocycles. The minimum Gasteiger partial charge on any atom is -0.459 e. The van der Waals surface area contributed by atoms with Crippen LogP contribution in [0.2, 0.25) is 0 Å². The molecule has 0 N–H and O–H groups in total. The van der Waals surface area contributed by atoms with Crippen LogP contribution < -0.4 is 5.56 Å². The van der Waals surface area contributed by atoms with Crippen molar-refractivity contribution in [2.24, 2.45) is 0 Å². The molecule has 1 aromatic heterocycles. The van der Waals surface area contributed by atoms with Crippen LogP contribution in [0.25, 0.3) is 10.8 Å². The molecule has 2 amide bonds. The maximum Gasteiger partial charge on any atom is 0.359 e. The number of amides is 2. The zero-order valence-corrected chi connectivity index (χ0v) is 16.3. The van der Waals surface area contributed by atoms with Crippen molar-refractivity contribution in [2.75, 3.05) is 13.2 Å². The molecule has 0 unspecified atom stereocenters. The van der Waals surface area contributed by atoms with Crippen molar-refractivity contribution in [3.8, 4) is 0 Å². The molecule has 0 radical (unpaired) electrons. The van der Waals surface area contributed by atoms with Crippen LogP contribution in [-0.2, 0) is 11.3 Å². The highest BCUT2D eigenvalue weighted by atomic mass is 16.5. The number of esters is 1. The van der Waals surface area contributed by atoms with Crippen LogP contribution in [-0.4, -0.2) is 45.6 Å². The van der Waals surface area contributed by atoms with Crippen molar-refractivity contribution in [1.29, 1.82) is 0 Å². The van der Waals surface area contributed by atoms with Gasteiger partial charge in [-0.2, -0.15) is 5.10 Å². The van der Waals surface area contributed by atoms with E-state index in [-0.39, 0.29) is 24.4 Å². The topological polar surface area (TPSA) is 98.6 Å². The molecule has 0 fully saturated rings. The number of fused-ring (bicyclic) bond motifs is 2. The number of hydrogen-bond acceptors (Lipinski definition) is 6. The number of hydrogen-bond donors (Lipinski definition) is 0. The zero-order valence-electron chi connectivity index (χ0n) is 16.3. The molecule has 0 saturated heterocycles. The molecule has 8 heteroatoms. The SMILES string of the molecule is CCCn1nc(C(=O)OCCN2C(=O)c3ccccc3C2=O)c2ccccc2c1=O. The molecular weight excluding hydrogens is 386 g/mol. The van der Waals surface area contributed by atoms with Crippen LogP contribution >= 0.6 is 0 Å². The number of rotatable bonds is 6. The van der Waals surface area contributed by atoms with E-state index >= 15 is 0 Å². The van der Waals surface area contributed by atoms with Crippen molar-refractivity contribution in [1.82, 2.24) is 14.7 Å². The molecule has 0 atom stereocenters. The first-order valence-electron chi connectivity index (χ1n) is 9.65. The lowest BCUT2D eigenvalue weighted by atomic mass is 10.1. The molecule has 0 saturated carbocycles. The van der Waals surface area contributed by atoms with Gasteiger partial charge in [0, 0.05) is 11.9 Å². The second-order valence-corrected chi connectivity index (χ2v) is 6.87. The lowest BCUT2D eigenvalue weighted by molar-refractivity contribution is 0.0415. The Labute approximate surface area is 171 Å². The molecule has 2 heterocycles. The van der Waals surface area contributed by atoms with Gasteiger partial charge in [0.2, 0.25) is 0 Å². The smallest absolute Gasteiger partial charge is 0.359 e. The van der Waals surface area contributed by atoms with Crippen LogP contribution in [0.5, 0.6) is 0 Å². The fraction of sp³-hybridized carbons (Fsp3) is 0.227. The van der Waals surface area contributed by atoms with Crippen molar-refractivity contribution in [3.63, 3.8) is 0 Å². The van der Waals surface area contributed by atoms with Crippen LogP contribution in [0.15, 0.2) is 53.3 Å². The maximum absolute atomic E-state index is 12.7. The van der Waals surface area contributed by atoms with Gasteiger partial charge in [-0.25, -0.2) is 9.48 Å². The Morgan fingerprint density at radius 3 is 2.13 bits per heavy atom. The number of nitrogens with zero attached hydrogens (tertiary/aromatic N) is 3. The van der Waals surface area contributed by atoms with E-state index in [0.29, 0.717) is 34.9 Å². The Bertz CT molecular complexity index is 1200. The first-order chi connectivity index (χ1) is 14.5. The van der Waals surface area contributed by atoms with Gasteiger partial charge in [0.1, 0.15) is 6.61 Å². The first kappa shape index (κ1) is 19.5. The fourth-order valence-corrected chi connectivity index (χ4v) is 3.49. The predicted octanol–water partition coefficient (Wildman–Crippen LogP) is 2.26. The Balaban J connectivity index is 1.52. The van der Waals surface area contributed by atoms with E-state index in [9.17, 15) is 19.2 Å². The van der Waals surface area contributed by atoms with E-state index in [0.717, 1.165) is 4.90 Å². The monoisotopic (exact) mass is 405 g/mol. The molecule has 152 valence electrons. The van der Waals surface area contributed by atoms with E-state index in [1.165, 1.54) is 4.68 Å². The summed E-state index contributed by atoms with van der Waals surface area (Å²) in [6.45, 7) is 2.04. The summed E-state index contributed by atoms with van der Waals surface area (Å²) < 4.78 is 6.56. The number of aryl methyl sites for hydroxylation is 1. The van der Waals surface area contributed by atoms with Gasteiger partial charge < -0.3 is 4.74 Å².